The second-order valence-corrected chi connectivity index (χ2v) is 11.4. The van der Waals surface area contributed by atoms with Crippen molar-refractivity contribution in [3.63, 3.8) is 0 Å². The lowest BCUT2D eigenvalue weighted by molar-refractivity contribution is -0.192. The van der Waals surface area contributed by atoms with Crippen molar-refractivity contribution in [1.29, 1.82) is 0 Å². The lowest BCUT2D eigenvalue weighted by Crippen LogP contribution is -2.21. The van der Waals surface area contributed by atoms with E-state index < -0.39 is 22.2 Å². The molecule has 46 heavy (non-hydrogen) atoms. The minimum atomic E-state index is -5.08. The molecule has 0 spiro atoms. The number of halogens is 3. The first-order chi connectivity index (χ1) is 21.6. The molecule has 0 fully saturated rings. The monoisotopic (exact) mass is 658 g/mol. The van der Waals surface area contributed by atoms with Gasteiger partial charge in [0.25, 0.3) is 0 Å². The minimum Gasteiger partial charge on any atom is -0.497 e. The van der Waals surface area contributed by atoms with E-state index in [1.807, 2.05) is 72.1 Å². The topological polar surface area (TPSA) is 178 Å². The molecule has 0 saturated carbocycles. The summed E-state index contributed by atoms with van der Waals surface area (Å²) in [6.45, 7) is 0. The molecule has 17 heteroatoms. The summed E-state index contributed by atoms with van der Waals surface area (Å²) in [6.07, 6.45) is -3.41. The normalized spacial score (nSPS) is 11.4. The van der Waals surface area contributed by atoms with E-state index >= 15 is 0 Å². The summed E-state index contributed by atoms with van der Waals surface area (Å²) in [4.78, 5) is 24.6. The third-order valence-corrected chi connectivity index (χ3v) is 7.14. The van der Waals surface area contributed by atoms with Gasteiger partial charge in [0.05, 0.1) is 23.9 Å². The number of carboxylic acids is 1. The van der Waals surface area contributed by atoms with E-state index in [2.05, 4.69) is 20.6 Å². The zero-order valence-corrected chi connectivity index (χ0v) is 25.5. The molecule has 0 amide bonds. The highest BCUT2D eigenvalue weighted by atomic mass is 32.2. The number of benzene rings is 3. The van der Waals surface area contributed by atoms with Gasteiger partial charge in [0.1, 0.15) is 11.6 Å². The van der Waals surface area contributed by atoms with Crippen LogP contribution in [0.15, 0.2) is 79.0 Å². The summed E-state index contributed by atoms with van der Waals surface area (Å²) in [5.74, 6) is -0.372. The van der Waals surface area contributed by atoms with Crippen LogP contribution in [0, 0.1) is 0 Å². The van der Waals surface area contributed by atoms with Crippen molar-refractivity contribution in [1.82, 2.24) is 19.5 Å². The van der Waals surface area contributed by atoms with Crippen molar-refractivity contribution in [2.45, 2.75) is 11.9 Å². The Kier molecular flexibility index (Phi) is 9.97. The fraction of sp³-hybridized carbons (Fsp3) is 0.172. The van der Waals surface area contributed by atoms with Crippen molar-refractivity contribution in [3.8, 4) is 5.75 Å². The van der Waals surface area contributed by atoms with Crippen LogP contribution in [0.25, 0.3) is 11.0 Å². The molecule has 0 unspecified atom stereocenters. The third-order valence-electron chi connectivity index (χ3n) is 6.40. The predicted octanol–water partition coefficient (Wildman–Crippen LogP) is 5.05. The maximum absolute atomic E-state index is 11.3. The molecule has 0 aliphatic rings. The van der Waals surface area contributed by atoms with Crippen LogP contribution in [-0.2, 0) is 27.6 Å². The Bertz CT molecular complexity index is 1930. The number of methoxy groups -OCH3 is 1. The number of ether oxygens (including phenoxy) is 1. The van der Waals surface area contributed by atoms with Gasteiger partial charge in [-0.15, -0.1) is 0 Å². The number of sulfonamides is 1. The summed E-state index contributed by atoms with van der Waals surface area (Å²) in [7, 11) is 1.95. The molecule has 0 aliphatic carbocycles. The molecule has 0 radical (unpaired) electrons. The van der Waals surface area contributed by atoms with Gasteiger partial charge >= 0.3 is 12.1 Å². The molecule has 5 rings (SSSR count). The Hall–Kier alpha value is -5.42. The van der Waals surface area contributed by atoms with Gasteiger partial charge < -0.3 is 29.9 Å². The second kappa shape index (κ2) is 13.7. The fourth-order valence-electron chi connectivity index (χ4n) is 4.09. The highest BCUT2D eigenvalue weighted by molar-refractivity contribution is 7.88. The van der Waals surface area contributed by atoms with E-state index in [0.29, 0.717) is 17.3 Å². The molecule has 242 valence electrons. The fourth-order valence-corrected chi connectivity index (χ4v) is 4.74. The number of hydrogen-bond donors (Lipinski definition) is 4. The van der Waals surface area contributed by atoms with Crippen molar-refractivity contribution >= 4 is 61.8 Å². The Morgan fingerprint density at radius 1 is 1.00 bits per heavy atom. The number of primary sulfonamides is 1. The summed E-state index contributed by atoms with van der Waals surface area (Å²) < 4.78 is 61.6. The number of fused-ring (bicyclic) bond motifs is 1. The van der Waals surface area contributed by atoms with Crippen LogP contribution in [0.4, 0.5) is 47.9 Å². The number of anilines is 6. The summed E-state index contributed by atoms with van der Waals surface area (Å²) in [6, 6.07) is 22.4. The molecular formula is C29H29F3N8O5S. The highest BCUT2D eigenvalue weighted by Crippen LogP contribution is 2.29. The Labute approximate surface area is 261 Å². The van der Waals surface area contributed by atoms with Gasteiger partial charge in [-0.3, -0.25) is 0 Å². The van der Waals surface area contributed by atoms with Crippen LogP contribution in [0.2, 0.25) is 0 Å². The number of alkyl halides is 3. The molecule has 0 atom stereocenters. The second-order valence-electron chi connectivity index (χ2n) is 9.75. The van der Waals surface area contributed by atoms with Gasteiger partial charge in [0.2, 0.25) is 21.9 Å². The van der Waals surface area contributed by atoms with Crippen LogP contribution in [-0.4, -0.2) is 59.3 Å². The molecule has 5 N–H and O–H groups in total. The maximum Gasteiger partial charge on any atom is 0.490 e. The van der Waals surface area contributed by atoms with Crippen molar-refractivity contribution < 1.29 is 36.2 Å². The smallest absolute Gasteiger partial charge is 0.490 e. The zero-order chi connectivity index (χ0) is 33.6. The number of imidazole rings is 1. The third kappa shape index (κ3) is 8.82. The van der Waals surface area contributed by atoms with Gasteiger partial charge in [-0.2, -0.15) is 18.2 Å². The van der Waals surface area contributed by atoms with Gasteiger partial charge in [-0.25, -0.2) is 28.3 Å². The van der Waals surface area contributed by atoms with Crippen LogP contribution >= 0.6 is 0 Å². The number of rotatable bonds is 9. The quantitative estimate of drug-likeness (QED) is 0.167. The number of hydrogen-bond acceptors (Lipinski definition) is 10. The number of nitrogens with one attached hydrogen (secondary N) is 2. The Balaban J connectivity index is 0.000000617. The van der Waals surface area contributed by atoms with E-state index in [9.17, 15) is 21.6 Å². The number of aryl methyl sites for hydroxylation is 1. The van der Waals surface area contributed by atoms with E-state index in [4.69, 9.17) is 24.8 Å². The minimum absolute atomic E-state index is 0.219. The van der Waals surface area contributed by atoms with Gasteiger partial charge in [0, 0.05) is 37.4 Å². The Morgan fingerprint density at radius 2 is 1.61 bits per heavy atom. The number of nitrogens with two attached hydrogens (primary N) is 1. The molecule has 0 saturated heterocycles. The van der Waals surface area contributed by atoms with Gasteiger partial charge in [0.15, 0.2) is 0 Å². The standard InChI is InChI=1S/C27H28N8O3S.C2HF3O2/c1-34(25-14-15-29-26(33-25)30-19-6-4-18(5-7-19)17-39(28,36)37)21-10-13-24-23(16-21)32-27(35(24)2)31-20-8-11-22(38-3)12-9-20;3-2(4,5)1(6)7/h4-16H,17H2,1-3H3,(H,31,32)(H2,28,36,37)(H,29,30,33);(H,6,7). The molecule has 0 bridgehead atoms. The number of aliphatic carboxylic acids is 1. The van der Waals surface area contributed by atoms with Crippen LogP contribution < -0.4 is 25.4 Å². The lowest BCUT2D eigenvalue weighted by atomic mass is 10.2. The van der Waals surface area contributed by atoms with Crippen LogP contribution in [0.1, 0.15) is 5.56 Å². The average Bonchev–Trinajstić information content (AvgIpc) is 3.31. The molecule has 3 aromatic carbocycles. The predicted molar refractivity (Wildman–Crippen MR) is 167 cm³/mol. The Morgan fingerprint density at radius 3 is 2.20 bits per heavy atom. The van der Waals surface area contributed by atoms with E-state index in [1.54, 1.807) is 37.6 Å². The first-order valence-corrected chi connectivity index (χ1v) is 15.0. The van der Waals surface area contributed by atoms with Crippen molar-refractivity contribution in [2.75, 3.05) is 29.7 Å². The van der Waals surface area contributed by atoms with Crippen molar-refractivity contribution in [3.05, 3.63) is 84.6 Å². The largest absolute Gasteiger partial charge is 0.497 e. The zero-order valence-electron chi connectivity index (χ0n) is 24.6. The molecular weight excluding hydrogens is 629 g/mol. The molecule has 2 aromatic heterocycles. The van der Waals surface area contributed by atoms with Crippen LogP contribution in [0.3, 0.4) is 0 Å². The first-order valence-electron chi connectivity index (χ1n) is 13.2. The highest BCUT2D eigenvalue weighted by Gasteiger charge is 2.38. The summed E-state index contributed by atoms with van der Waals surface area (Å²) in [5.41, 5.74) is 4.97. The molecule has 2 heterocycles. The number of carboxylic acid groups (broad SMARTS) is 1. The maximum atomic E-state index is 11.3. The molecule has 13 nitrogen and oxygen atoms in total. The summed E-state index contributed by atoms with van der Waals surface area (Å²) >= 11 is 0. The van der Waals surface area contributed by atoms with Crippen LogP contribution in [0.5, 0.6) is 5.75 Å². The van der Waals surface area contributed by atoms with E-state index in [0.717, 1.165) is 39.8 Å². The molecule has 0 aliphatic heterocycles. The number of nitrogens with zero attached hydrogens (tertiary/aromatic N) is 5. The first kappa shape index (κ1) is 33.5. The SMILES string of the molecule is COc1ccc(Nc2nc3cc(N(C)c4ccnc(Nc5ccc(CS(N)(=O)=O)cc5)n4)ccc3n2C)cc1.O=C(O)C(F)(F)F. The molecule has 5 aromatic rings. The van der Waals surface area contributed by atoms with E-state index in [-0.39, 0.29) is 5.75 Å². The lowest BCUT2D eigenvalue weighted by Gasteiger charge is -2.19. The van der Waals surface area contributed by atoms with E-state index in [1.165, 1.54) is 0 Å². The average molecular weight is 659 g/mol. The number of aromatic nitrogens is 4. The number of carbonyl (C=O) groups is 1. The van der Waals surface area contributed by atoms with Gasteiger partial charge in [-0.05, 0) is 66.2 Å². The van der Waals surface area contributed by atoms with Gasteiger partial charge in [-0.1, -0.05) is 12.1 Å². The summed E-state index contributed by atoms with van der Waals surface area (Å²) in [5, 5.41) is 18.8. The van der Waals surface area contributed by atoms with Crippen molar-refractivity contribution in [2.24, 2.45) is 12.2 Å².